The van der Waals surface area contributed by atoms with Crippen LogP contribution in [-0.4, -0.2) is 6.09 Å². The van der Waals surface area contributed by atoms with E-state index in [1.165, 1.54) is 0 Å². The quantitative estimate of drug-likeness (QED) is 0.680. The van der Waals surface area contributed by atoms with Gasteiger partial charge in [0.05, 0.1) is 0 Å². The van der Waals surface area contributed by atoms with Crippen molar-refractivity contribution >= 4 is 23.5 Å². The average Bonchev–Trinajstić information content (AvgIpc) is 2.49. The van der Waals surface area contributed by atoms with Gasteiger partial charge in [-0.05, 0) is 41.6 Å². The Balaban J connectivity index is 1.84. The Labute approximate surface area is 121 Å². The molecular formula is C15H12N2O2S. The lowest BCUT2D eigenvalue weighted by atomic mass is 10.2. The lowest BCUT2D eigenvalue weighted by Gasteiger charge is -2.07. The first-order valence-corrected chi connectivity index (χ1v) is 6.73. The molecule has 0 spiro atoms. The largest absolute Gasteiger partial charge is 0.444 e. The minimum Gasteiger partial charge on any atom is -0.444 e. The van der Waals surface area contributed by atoms with Crippen LogP contribution >= 0.6 is 11.8 Å². The number of nitrogens with zero attached hydrogens (tertiary/aromatic N) is 1. The van der Waals surface area contributed by atoms with Crippen LogP contribution in [0.2, 0.25) is 0 Å². The molecule has 5 heteroatoms. The summed E-state index contributed by atoms with van der Waals surface area (Å²) in [6, 6.07) is 16.4. The highest BCUT2D eigenvalue weighted by Gasteiger charge is 2.03. The SMILES string of the molecule is N#CSc1ccc(NC(=O)OCc2ccccc2)cc1. The van der Waals surface area contributed by atoms with Crippen LogP contribution in [0.5, 0.6) is 0 Å². The summed E-state index contributed by atoms with van der Waals surface area (Å²) in [4.78, 5) is 12.4. The van der Waals surface area contributed by atoms with Gasteiger partial charge < -0.3 is 4.74 Å². The number of thiocyanates is 1. The first-order chi connectivity index (χ1) is 9.78. The molecule has 0 saturated carbocycles. The molecule has 0 aliphatic rings. The number of nitrogens with one attached hydrogen (secondary N) is 1. The van der Waals surface area contributed by atoms with E-state index in [0.717, 1.165) is 22.2 Å². The number of rotatable bonds is 4. The number of anilines is 1. The molecular weight excluding hydrogens is 272 g/mol. The third-order valence-corrected chi connectivity index (χ3v) is 3.08. The predicted octanol–water partition coefficient (Wildman–Crippen LogP) is 4.01. The van der Waals surface area contributed by atoms with E-state index in [9.17, 15) is 4.79 Å². The van der Waals surface area contributed by atoms with Gasteiger partial charge in [-0.2, -0.15) is 5.26 Å². The number of hydrogen-bond donors (Lipinski definition) is 1. The highest BCUT2D eigenvalue weighted by molar-refractivity contribution is 8.03. The number of carbonyl (C=O) groups excluding carboxylic acids is 1. The van der Waals surface area contributed by atoms with Crippen molar-refractivity contribution in [2.75, 3.05) is 5.32 Å². The zero-order chi connectivity index (χ0) is 14.2. The molecule has 1 N–H and O–H groups in total. The van der Waals surface area contributed by atoms with Gasteiger partial charge in [0.15, 0.2) is 0 Å². The van der Waals surface area contributed by atoms with Gasteiger partial charge in [0.2, 0.25) is 0 Å². The molecule has 2 aromatic carbocycles. The fourth-order valence-electron chi connectivity index (χ4n) is 1.54. The number of ether oxygens (including phenoxy) is 1. The van der Waals surface area contributed by atoms with Crippen LogP contribution in [0.15, 0.2) is 59.5 Å². The standard InChI is InChI=1S/C15H12N2O2S/c16-11-20-14-8-6-13(7-9-14)17-15(18)19-10-12-4-2-1-3-5-12/h1-9H,10H2,(H,17,18). The summed E-state index contributed by atoms with van der Waals surface area (Å²) in [5.74, 6) is 0. The van der Waals surface area contributed by atoms with Crippen molar-refractivity contribution < 1.29 is 9.53 Å². The summed E-state index contributed by atoms with van der Waals surface area (Å²) in [6.07, 6.45) is -0.505. The van der Waals surface area contributed by atoms with Crippen molar-refractivity contribution in [2.24, 2.45) is 0 Å². The van der Waals surface area contributed by atoms with Gasteiger partial charge in [-0.1, -0.05) is 30.3 Å². The zero-order valence-corrected chi connectivity index (χ0v) is 11.4. The van der Waals surface area contributed by atoms with Crippen LogP contribution in [-0.2, 0) is 11.3 Å². The van der Waals surface area contributed by atoms with E-state index >= 15 is 0 Å². The second-order valence-electron chi connectivity index (χ2n) is 3.90. The maximum atomic E-state index is 11.6. The summed E-state index contributed by atoms with van der Waals surface area (Å²) in [7, 11) is 0. The van der Waals surface area contributed by atoms with Crippen LogP contribution in [0.3, 0.4) is 0 Å². The minimum atomic E-state index is -0.505. The highest BCUT2D eigenvalue weighted by atomic mass is 32.2. The third-order valence-electron chi connectivity index (χ3n) is 2.48. The smallest absolute Gasteiger partial charge is 0.411 e. The summed E-state index contributed by atoms with van der Waals surface area (Å²) in [5.41, 5.74) is 1.56. The van der Waals surface area contributed by atoms with Crippen molar-refractivity contribution in [1.29, 1.82) is 5.26 Å². The Hall–Kier alpha value is -2.45. The molecule has 2 aromatic rings. The maximum absolute atomic E-state index is 11.6. The number of carbonyl (C=O) groups is 1. The molecule has 100 valence electrons. The van der Waals surface area contributed by atoms with Crippen molar-refractivity contribution in [3.8, 4) is 5.40 Å². The Bertz CT molecular complexity index is 606. The first-order valence-electron chi connectivity index (χ1n) is 5.91. The molecule has 0 heterocycles. The Morgan fingerprint density at radius 2 is 1.85 bits per heavy atom. The monoisotopic (exact) mass is 284 g/mol. The van der Waals surface area contributed by atoms with E-state index in [2.05, 4.69) is 5.32 Å². The lowest BCUT2D eigenvalue weighted by Crippen LogP contribution is -2.13. The topological polar surface area (TPSA) is 62.1 Å². The number of thioether (sulfide) groups is 1. The van der Waals surface area contributed by atoms with E-state index in [-0.39, 0.29) is 6.61 Å². The summed E-state index contributed by atoms with van der Waals surface area (Å²) in [6.45, 7) is 0.231. The molecule has 0 fully saturated rings. The van der Waals surface area contributed by atoms with Crippen LogP contribution in [0.4, 0.5) is 10.5 Å². The molecule has 0 aliphatic carbocycles. The van der Waals surface area contributed by atoms with E-state index in [1.807, 2.05) is 35.7 Å². The fraction of sp³-hybridized carbons (Fsp3) is 0.0667. The number of nitriles is 1. The van der Waals surface area contributed by atoms with E-state index in [1.54, 1.807) is 24.3 Å². The van der Waals surface area contributed by atoms with Crippen LogP contribution < -0.4 is 5.32 Å². The lowest BCUT2D eigenvalue weighted by molar-refractivity contribution is 0.155. The molecule has 0 unspecified atom stereocenters. The van der Waals surface area contributed by atoms with E-state index < -0.39 is 6.09 Å². The Kier molecular flexibility index (Phi) is 5.04. The zero-order valence-electron chi connectivity index (χ0n) is 10.6. The molecule has 0 aromatic heterocycles. The molecule has 0 atom stereocenters. The van der Waals surface area contributed by atoms with Crippen LogP contribution in [0, 0.1) is 10.7 Å². The van der Waals surface area contributed by atoms with Gasteiger partial charge in [0.1, 0.15) is 12.0 Å². The number of amides is 1. The summed E-state index contributed by atoms with van der Waals surface area (Å²) >= 11 is 1.07. The number of benzene rings is 2. The van der Waals surface area contributed by atoms with Gasteiger partial charge >= 0.3 is 6.09 Å². The van der Waals surface area contributed by atoms with E-state index in [4.69, 9.17) is 10.00 Å². The van der Waals surface area contributed by atoms with Crippen molar-refractivity contribution in [3.05, 3.63) is 60.2 Å². The molecule has 0 saturated heterocycles. The molecule has 1 amide bonds. The molecule has 4 nitrogen and oxygen atoms in total. The van der Waals surface area contributed by atoms with Gasteiger partial charge in [0.25, 0.3) is 0 Å². The highest BCUT2D eigenvalue weighted by Crippen LogP contribution is 2.19. The normalized spacial score (nSPS) is 9.55. The Morgan fingerprint density at radius 3 is 2.50 bits per heavy atom. The average molecular weight is 284 g/mol. The molecule has 0 aliphatic heterocycles. The van der Waals surface area contributed by atoms with Crippen molar-refractivity contribution in [2.45, 2.75) is 11.5 Å². The molecule has 20 heavy (non-hydrogen) atoms. The van der Waals surface area contributed by atoms with Crippen molar-refractivity contribution in [3.63, 3.8) is 0 Å². The van der Waals surface area contributed by atoms with Gasteiger partial charge in [0, 0.05) is 10.6 Å². The second kappa shape index (κ2) is 7.22. The van der Waals surface area contributed by atoms with Crippen LogP contribution in [0.1, 0.15) is 5.56 Å². The van der Waals surface area contributed by atoms with Gasteiger partial charge in [-0.25, -0.2) is 4.79 Å². The predicted molar refractivity (Wildman–Crippen MR) is 78.2 cm³/mol. The summed E-state index contributed by atoms with van der Waals surface area (Å²) < 4.78 is 5.10. The minimum absolute atomic E-state index is 0.231. The Morgan fingerprint density at radius 1 is 1.15 bits per heavy atom. The van der Waals surface area contributed by atoms with Crippen molar-refractivity contribution in [1.82, 2.24) is 0 Å². The molecule has 0 radical (unpaired) electrons. The second-order valence-corrected chi connectivity index (χ2v) is 4.76. The molecule has 0 bridgehead atoms. The van der Waals surface area contributed by atoms with Gasteiger partial charge in [-0.15, -0.1) is 0 Å². The summed E-state index contributed by atoms with van der Waals surface area (Å²) in [5, 5.41) is 13.2. The third kappa shape index (κ3) is 4.34. The molecule has 2 rings (SSSR count). The number of hydrogen-bond acceptors (Lipinski definition) is 4. The maximum Gasteiger partial charge on any atom is 0.411 e. The fourth-order valence-corrected chi connectivity index (χ4v) is 1.91. The van der Waals surface area contributed by atoms with Crippen LogP contribution in [0.25, 0.3) is 0 Å². The van der Waals surface area contributed by atoms with E-state index in [0.29, 0.717) is 5.69 Å². The first kappa shape index (κ1) is 14.0. The van der Waals surface area contributed by atoms with Gasteiger partial charge in [-0.3, -0.25) is 5.32 Å².